The first-order valence-electron chi connectivity index (χ1n) is 16.0. The zero-order chi connectivity index (χ0) is 32.5. The van der Waals surface area contributed by atoms with Gasteiger partial charge in [0.15, 0.2) is 0 Å². The average molecular weight is 609 g/mol. The minimum atomic E-state index is -3.32. The third-order valence-corrected chi connectivity index (χ3v) is 10.8. The van der Waals surface area contributed by atoms with Crippen LogP contribution in [0, 0.1) is 6.85 Å². The zero-order valence-corrected chi connectivity index (χ0v) is 24.5. The number of imidazole rings is 1. The molecule has 1 saturated carbocycles. The molecule has 2 unspecified atom stereocenters. The highest BCUT2D eigenvalue weighted by molar-refractivity contribution is 7.83. The number of amides is 1. The summed E-state index contributed by atoms with van der Waals surface area (Å²) in [4.78, 5) is 23.3. The van der Waals surface area contributed by atoms with Gasteiger partial charge in [-0.25, -0.2) is 13.9 Å². The molecule has 4 heterocycles. The third kappa shape index (κ3) is 4.47. The molecule has 2 aromatic carbocycles. The van der Waals surface area contributed by atoms with Gasteiger partial charge in [0.1, 0.15) is 11.6 Å². The van der Waals surface area contributed by atoms with E-state index in [1.54, 1.807) is 12.1 Å². The molecule has 224 valence electrons. The molecule has 0 radical (unpaired) electrons. The van der Waals surface area contributed by atoms with Crippen molar-refractivity contribution in [3.05, 3.63) is 76.9 Å². The van der Waals surface area contributed by atoms with Crippen molar-refractivity contribution < 1.29 is 26.6 Å². The second-order valence-corrected chi connectivity index (χ2v) is 13.2. The summed E-state index contributed by atoms with van der Waals surface area (Å²) in [5.41, 5.74) is 2.06. The van der Waals surface area contributed by atoms with Gasteiger partial charge in [-0.3, -0.25) is 9.78 Å². The number of benzene rings is 2. The van der Waals surface area contributed by atoms with Crippen molar-refractivity contribution in [2.45, 2.75) is 82.3 Å². The Bertz CT molecular complexity index is 1880. The van der Waals surface area contributed by atoms with E-state index in [1.165, 1.54) is 6.20 Å². The van der Waals surface area contributed by atoms with Crippen LogP contribution in [-0.4, -0.2) is 36.5 Å². The summed E-state index contributed by atoms with van der Waals surface area (Å²) in [5, 5.41) is 2.92. The Morgan fingerprint density at radius 3 is 2.77 bits per heavy atom. The van der Waals surface area contributed by atoms with E-state index in [2.05, 4.69) is 10.0 Å². The lowest BCUT2D eigenvalue weighted by atomic mass is 9.75. The lowest BCUT2D eigenvalue weighted by Crippen LogP contribution is -2.50. The molecule has 2 aromatic heterocycles. The molecule has 3 aliphatic rings. The van der Waals surface area contributed by atoms with Crippen LogP contribution in [0.15, 0.2) is 48.7 Å². The van der Waals surface area contributed by atoms with Gasteiger partial charge in [-0.15, -0.1) is 0 Å². The van der Waals surface area contributed by atoms with Gasteiger partial charge in [0.25, 0.3) is 5.91 Å². The molecular formula is C32H33F2N5O3S. The molecule has 0 saturated heterocycles. The molecule has 11 heteroatoms. The fourth-order valence-electron chi connectivity index (χ4n) is 6.58. The topological polar surface area (TPSA) is 98.1 Å². The van der Waals surface area contributed by atoms with E-state index in [-0.39, 0.29) is 16.4 Å². The standard InChI is InChI=1S/C32H33F2N5O3S/c1-4-17(2)43(41)38-32(12-7-13-32)26-11-10-19(16-35-26)27-18(3)25(42-31(33)34)14-20-28(27)24-15-22(37-30(20)40)29-36-21-8-5-6-9-23(21)39(24)29/h5-6,8-11,14,16-17,22,24,31,38H,4,7,12-13,15H2,1-3H3,(H,37,40)/t17?,22-,24-,43?/m1/s1/i3D3. The maximum absolute atomic E-state index is 13.8. The Morgan fingerprint density at radius 2 is 2.09 bits per heavy atom. The highest BCUT2D eigenvalue weighted by Crippen LogP contribution is 2.50. The molecule has 1 amide bonds. The van der Waals surface area contributed by atoms with Crippen molar-refractivity contribution in [1.29, 1.82) is 0 Å². The first kappa shape index (κ1) is 24.7. The lowest BCUT2D eigenvalue weighted by Gasteiger charge is -2.42. The number of ether oxygens (including phenoxy) is 1. The second-order valence-electron chi connectivity index (χ2n) is 11.6. The van der Waals surface area contributed by atoms with E-state index in [0.717, 1.165) is 42.8 Å². The smallest absolute Gasteiger partial charge is 0.387 e. The minimum absolute atomic E-state index is 0.0553. The summed E-state index contributed by atoms with van der Waals surface area (Å²) in [5.74, 6) is -0.481. The molecule has 43 heavy (non-hydrogen) atoms. The van der Waals surface area contributed by atoms with Gasteiger partial charge in [0.05, 0.1) is 45.3 Å². The Morgan fingerprint density at radius 1 is 1.28 bits per heavy atom. The van der Waals surface area contributed by atoms with Crippen molar-refractivity contribution >= 4 is 27.9 Å². The lowest BCUT2D eigenvalue weighted by molar-refractivity contribution is -0.0503. The first-order chi connectivity index (χ1) is 21.9. The fraction of sp³-hybridized carbons (Fsp3) is 0.406. The van der Waals surface area contributed by atoms with Gasteiger partial charge < -0.3 is 14.6 Å². The summed E-state index contributed by atoms with van der Waals surface area (Å²) in [7, 11) is -1.29. The van der Waals surface area contributed by atoms with Gasteiger partial charge in [0.2, 0.25) is 0 Å². The van der Waals surface area contributed by atoms with E-state index in [0.29, 0.717) is 29.1 Å². The van der Waals surface area contributed by atoms with Gasteiger partial charge in [0, 0.05) is 26.7 Å². The van der Waals surface area contributed by atoms with Crippen LogP contribution in [0.2, 0.25) is 0 Å². The second kappa shape index (κ2) is 10.5. The molecule has 4 aromatic rings. The number of hydrogen-bond donors (Lipinski definition) is 2. The number of alkyl halides is 2. The Labute approximate surface area is 255 Å². The highest BCUT2D eigenvalue weighted by atomic mass is 32.2. The predicted octanol–water partition coefficient (Wildman–Crippen LogP) is 6.22. The van der Waals surface area contributed by atoms with Crippen LogP contribution in [0.25, 0.3) is 22.2 Å². The fourth-order valence-corrected chi connectivity index (χ4v) is 7.78. The Kier molecular flexibility index (Phi) is 6.02. The number of carbonyl (C=O) groups excluding carboxylic acids is 1. The van der Waals surface area contributed by atoms with Crippen LogP contribution in [-0.2, 0) is 16.5 Å². The van der Waals surface area contributed by atoms with Gasteiger partial charge in [-0.2, -0.15) is 8.78 Å². The molecule has 7 rings (SSSR count). The van der Waals surface area contributed by atoms with E-state index < -0.39 is 59.3 Å². The van der Waals surface area contributed by atoms with Gasteiger partial charge >= 0.3 is 6.61 Å². The molecule has 0 spiro atoms. The molecule has 2 N–H and O–H groups in total. The maximum atomic E-state index is 13.8. The summed E-state index contributed by atoms with van der Waals surface area (Å²) < 4.78 is 76.1. The van der Waals surface area contributed by atoms with E-state index in [4.69, 9.17) is 18.8 Å². The van der Waals surface area contributed by atoms with Crippen molar-refractivity contribution in [3.63, 3.8) is 0 Å². The monoisotopic (exact) mass is 608 g/mol. The number of nitrogens with zero attached hydrogens (tertiary/aromatic N) is 3. The Balaban J connectivity index is 1.45. The number of para-hydroxylation sites is 2. The normalized spacial score (nSPS) is 22.8. The number of halogens is 2. The first-order valence-corrected chi connectivity index (χ1v) is 15.7. The predicted molar refractivity (Wildman–Crippen MR) is 160 cm³/mol. The van der Waals surface area contributed by atoms with Gasteiger partial charge in [-0.05, 0) is 86.8 Å². The molecule has 2 bridgehead atoms. The van der Waals surface area contributed by atoms with E-state index in [1.807, 2.05) is 42.7 Å². The molecule has 2 aliphatic heterocycles. The number of pyridine rings is 1. The summed E-state index contributed by atoms with van der Waals surface area (Å²) in [6.45, 7) is -2.32. The Hall–Kier alpha value is -3.70. The van der Waals surface area contributed by atoms with Crippen molar-refractivity contribution in [2.75, 3.05) is 0 Å². The molecule has 1 fully saturated rings. The number of aromatic nitrogens is 3. The summed E-state index contributed by atoms with van der Waals surface area (Å²) in [6.07, 6.45) is 5.05. The average Bonchev–Trinajstić information content (AvgIpc) is 3.50. The van der Waals surface area contributed by atoms with Crippen LogP contribution < -0.4 is 14.8 Å². The summed E-state index contributed by atoms with van der Waals surface area (Å²) >= 11 is 0. The minimum Gasteiger partial charge on any atom is -0.435 e. The summed E-state index contributed by atoms with van der Waals surface area (Å²) in [6, 6.07) is 11.1. The van der Waals surface area contributed by atoms with Crippen LogP contribution in [0.1, 0.15) is 95.2 Å². The number of carbonyl (C=O) groups is 1. The third-order valence-electron chi connectivity index (χ3n) is 9.12. The number of rotatable bonds is 8. The largest absolute Gasteiger partial charge is 0.435 e. The SMILES string of the molecule is [2H]C([2H])([2H])c1c(OC(F)F)cc2c(c1-c1ccc(C3(NS(=O)C(C)CC)CCC3)nc1)[C@H]1C[C@@H](NC2=O)c2nc3ccccc3n21. The van der Waals surface area contributed by atoms with Crippen LogP contribution in [0.3, 0.4) is 0 Å². The molecular weight excluding hydrogens is 572 g/mol. The highest BCUT2D eigenvalue weighted by Gasteiger charge is 2.44. The van der Waals surface area contributed by atoms with Crippen molar-refractivity contribution in [1.82, 2.24) is 24.6 Å². The molecule has 4 atom stereocenters. The van der Waals surface area contributed by atoms with Gasteiger partial charge in [-0.1, -0.05) is 25.1 Å². The van der Waals surface area contributed by atoms with E-state index >= 15 is 0 Å². The quantitative estimate of drug-likeness (QED) is 0.248. The molecule has 8 nitrogen and oxygen atoms in total. The van der Waals surface area contributed by atoms with Crippen LogP contribution >= 0.6 is 0 Å². The van der Waals surface area contributed by atoms with Crippen LogP contribution in [0.5, 0.6) is 5.75 Å². The number of nitrogens with one attached hydrogen (secondary N) is 2. The zero-order valence-electron chi connectivity index (χ0n) is 26.7. The van der Waals surface area contributed by atoms with Crippen molar-refractivity contribution in [2.24, 2.45) is 0 Å². The van der Waals surface area contributed by atoms with Crippen LogP contribution in [0.4, 0.5) is 8.78 Å². The van der Waals surface area contributed by atoms with E-state index in [9.17, 15) is 17.8 Å². The number of fused-ring (bicyclic) bond motifs is 9. The van der Waals surface area contributed by atoms with Crippen molar-refractivity contribution in [3.8, 4) is 16.9 Å². The number of hydrogen-bond acceptors (Lipinski definition) is 5. The maximum Gasteiger partial charge on any atom is 0.387 e. The molecule has 1 aliphatic carbocycles.